The second-order valence-corrected chi connectivity index (χ2v) is 7.24. The molecule has 1 aliphatic heterocycles. The molecule has 1 amide bonds. The number of halogens is 1. The monoisotopic (exact) mass is 383 g/mol. The summed E-state index contributed by atoms with van der Waals surface area (Å²) in [6, 6.07) is 9.33. The first-order valence-electron chi connectivity index (χ1n) is 9.44. The zero-order valence-electron chi connectivity index (χ0n) is 15.4. The molecule has 1 aliphatic rings. The van der Waals surface area contributed by atoms with Gasteiger partial charge >= 0.3 is 0 Å². The second-order valence-electron chi connectivity index (χ2n) is 7.24. The lowest BCUT2D eigenvalue weighted by molar-refractivity contribution is 0.0923. The summed E-state index contributed by atoms with van der Waals surface area (Å²) in [6.07, 6.45) is 3.75. The quantitative estimate of drug-likeness (QED) is 0.710. The zero-order valence-corrected chi connectivity index (χ0v) is 15.4. The molecule has 0 unspecified atom stereocenters. The number of hydrogen-bond donors (Lipinski definition) is 2. The highest BCUT2D eigenvalue weighted by atomic mass is 19.1. The van der Waals surface area contributed by atoms with E-state index in [1.165, 1.54) is 24.3 Å². The minimum Gasteiger partial charge on any atom is -0.468 e. The van der Waals surface area contributed by atoms with Gasteiger partial charge in [-0.3, -0.25) is 14.5 Å². The standard InChI is InChI=1S/C21H22FN3O3/c22-17-7-1-6-16-19(26)10-18(24-20(16)17)21(27)23-11-14-4-2-8-25(12-14)13-15-5-3-9-28-15/h1,3,5-7,9-10,14H,2,4,8,11-13H2,(H,23,27)(H,24,26)/t14-/m1/s1. The van der Waals surface area contributed by atoms with Crippen LogP contribution in [0.2, 0.25) is 0 Å². The summed E-state index contributed by atoms with van der Waals surface area (Å²) in [4.78, 5) is 29.7. The summed E-state index contributed by atoms with van der Waals surface area (Å²) in [6.45, 7) is 3.13. The van der Waals surface area contributed by atoms with E-state index in [-0.39, 0.29) is 22.0 Å². The predicted octanol–water partition coefficient (Wildman–Crippen LogP) is 2.90. The SMILES string of the molecule is O=C(NC[C@H]1CCCN(Cc2ccco2)C1)c1cc(=O)c2cccc(F)c2[nH]1. The van der Waals surface area contributed by atoms with Crippen LogP contribution in [0.1, 0.15) is 29.1 Å². The van der Waals surface area contributed by atoms with Gasteiger partial charge in [-0.2, -0.15) is 0 Å². The third-order valence-corrected chi connectivity index (χ3v) is 5.17. The number of piperidine rings is 1. The Morgan fingerprint density at radius 1 is 1.32 bits per heavy atom. The molecule has 1 aromatic carbocycles. The van der Waals surface area contributed by atoms with Gasteiger partial charge in [-0.25, -0.2) is 4.39 Å². The van der Waals surface area contributed by atoms with Crippen molar-refractivity contribution in [3.8, 4) is 0 Å². The van der Waals surface area contributed by atoms with Gasteiger partial charge < -0.3 is 14.7 Å². The molecule has 1 fully saturated rings. The van der Waals surface area contributed by atoms with Crippen molar-refractivity contribution in [1.29, 1.82) is 0 Å². The zero-order chi connectivity index (χ0) is 19.5. The number of nitrogens with zero attached hydrogens (tertiary/aromatic N) is 1. The van der Waals surface area contributed by atoms with Gasteiger partial charge in [0.15, 0.2) is 5.43 Å². The van der Waals surface area contributed by atoms with E-state index in [0.29, 0.717) is 12.5 Å². The van der Waals surface area contributed by atoms with E-state index in [9.17, 15) is 14.0 Å². The van der Waals surface area contributed by atoms with E-state index >= 15 is 0 Å². The smallest absolute Gasteiger partial charge is 0.267 e. The summed E-state index contributed by atoms with van der Waals surface area (Å²) in [5, 5.41) is 3.11. The van der Waals surface area contributed by atoms with Crippen LogP contribution in [0.15, 0.2) is 51.9 Å². The minimum atomic E-state index is -0.551. The van der Waals surface area contributed by atoms with Crippen molar-refractivity contribution < 1.29 is 13.6 Å². The molecule has 146 valence electrons. The van der Waals surface area contributed by atoms with Crippen molar-refractivity contribution in [3.05, 3.63) is 70.2 Å². The lowest BCUT2D eigenvalue weighted by Gasteiger charge is -2.32. The van der Waals surface area contributed by atoms with Crippen molar-refractivity contribution in [2.45, 2.75) is 19.4 Å². The number of rotatable bonds is 5. The fraction of sp³-hybridized carbons (Fsp3) is 0.333. The second kappa shape index (κ2) is 7.98. The average molecular weight is 383 g/mol. The third-order valence-electron chi connectivity index (χ3n) is 5.17. The first-order valence-corrected chi connectivity index (χ1v) is 9.44. The summed E-state index contributed by atoms with van der Waals surface area (Å²) in [5.74, 6) is 0.299. The summed E-state index contributed by atoms with van der Waals surface area (Å²) in [7, 11) is 0. The Kier molecular flexibility index (Phi) is 5.25. The van der Waals surface area contributed by atoms with Gasteiger partial charge in [0, 0.05) is 24.5 Å². The lowest BCUT2D eigenvalue weighted by Crippen LogP contribution is -2.40. The van der Waals surface area contributed by atoms with Gasteiger partial charge in [-0.1, -0.05) is 6.07 Å². The molecule has 4 rings (SSSR count). The first-order chi connectivity index (χ1) is 13.6. The maximum absolute atomic E-state index is 14.0. The Balaban J connectivity index is 1.39. The number of carbonyl (C=O) groups excluding carboxylic acids is 1. The number of furan rings is 1. The number of aromatic amines is 1. The van der Waals surface area contributed by atoms with Gasteiger partial charge in [-0.05, 0) is 49.6 Å². The molecule has 0 bridgehead atoms. The maximum atomic E-state index is 14.0. The fourth-order valence-corrected chi connectivity index (χ4v) is 3.78. The molecule has 28 heavy (non-hydrogen) atoms. The molecule has 3 aromatic rings. The Labute approximate surface area is 161 Å². The van der Waals surface area contributed by atoms with Gasteiger partial charge in [0.1, 0.15) is 17.3 Å². The van der Waals surface area contributed by atoms with Crippen LogP contribution in [0.5, 0.6) is 0 Å². The van der Waals surface area contributed by atoms with Crippen molar-refractivity contribution in [3.63, 3.8) is 0 Å². The van der Waals surface area contributed by atoms with Crippen LogP contribution < -0.4 is 10.7 Å². The fourth-order valence-electron chi connectivity index (χ4n) is 3.78. The van der Waals surface area contributed by atoms with Crippen molar-refractivity contribution >= 4 is 16.8 Å². The number of fused-ring (bicyclic) bond motifs is 1. The molecular formula is C21H22FN3O3. The molecule has 0 radical (unpaired) electrons. The average Bonchev–Trinajstić information content (AvgIpc) is 3.20. The molecule has 0 saturated carbocycles. The van der Waals surface area contributed by atoms with Crippen LogP contribution in [-0.2, 0) is 6.54 Å². The molecule has 1 saturated heterocycles. The van der Waals surface area contributed by atoms with Crippen LogP contribution in [0.25, 0.3) is 10.9 Å². The Bertz CT molecular complexity index is 1030. The van der Waals surface area contributed by atoms with Crippen LogP contribution in [0.3, 0.4) is 0 Å². The largest absolute Gasteiger partial charge is 0.468 e. The number of nitrogens with one attached hydrogen (secondary N) is 2. The minimum absolute atomic E-state index is 0.0578. The molecule has 0 aliphatic carbocycles. The molecule has 6 nitrogen and oxygen atoms in total. The number of likely N-dealkylation sites (tertiary alicyclic amines) is 1. The van der Waals surface area contributed by atoms with Crippen LogP contribution >= 0.6 is 0 Å². The number of H-pyrrole nitrogens is 1. The van der Waals surface area contributed by atoms with Crippen molar-refractivity contribution in [2.75, 3.05) is 19.6 Å². The van der Waals surface area contributed by atoms with E-state index in [4.69, 9.17) is 4.42 Å². The van der Waals surface area contributed by atoms with E-state index < -0.39 is 11.7 Å². The van der Waals surface area contributed by atoms with Gasteiger partial charge in [0.2, 0.25) is 0 Å². The Morgan fingerprint density at radius 3 is 3.04 bits per heavy atom. The number of hydrogen-bond acceptors (Lipinski definition) is 4. The number of carbonyl (C=O) groups is 1. The van der Waals surface area contributed by atoms with Gasteiger partial charge in [-0.15, -0.1) is 0 Å². The van der Waals surface area contributed by atoms with E-state index in [1.54, 1.807) is 6.26 Å². The lowest BCUT2D eigenvalue weighted by atomic mass is 9.98. The Morgan fingerprint density at radius 2 is 2.21 bits per heavy atom. The van der Waals surface area contributed by atoms with Gasteiger partial charge in [0.25, 0.3) is 5.91 Å². The highest BCUT2D eigenvalue weighted by Gasteiger charge is 2.21. The topological polar surface area (TPSA) is 78.3 Å². The van der Waals surface area contributed by atoms with E-state index in [1.807, 2.05) is 12.1 Å². The normalized spacial score (nSPS) is 17.7. The van der Waals surface area contributed by atoms with Crippen LogP contribution in [0, 0.1) is 11.7 Å². The van der Waals surface area contributed by atoms with E-state index in [0.717, 1.165) is 38.2 Å². The molecule has 3 heterocycles. The number of amides is 1. The first kappa shape index (κ1) is 18.4. The molecule has 2 N–H and O–H groups in total. The van der Waals surface area contributed by atoms with Crippen molar-refractivity contribution in [1.82, 2.24) is 15.2 Å². The van der Waals surface area contributed by atoms with Crippen LogP contribution in [-0.4, -0.2) is 35.4 Å². The highest BCUT2D eigenvalue weighted by molar-refractivity contribution is 5.94. The predicted molar refractivity (Wildman–Crippen MR) is 104 cm³/mol. The molecular weight excluding hydrogens is 361 g/mol. The number of aromatic nitrogens is 1. The Hall–Kier alpha value is -2.93. The maximum Gasteiger partial charge on any atom is 0.267 e. The highest BCUT2D eigenvalue weighted by Crippen LogP contribution is 2.18. The summed E-state index contributed by atoms with van der Waals surface area (Å²) < 4.78 is 19.4. The van der Waals surface area contributed by atoms with Crippen LogP contribution in [0.4, 0.5) is 4.39 Å². The molecule has 7 heteroatoms. The van der Waals surface area contributed by atoms with Gasteiger partial charge in [0.05, 0.1) is 18.3 Å². The third kappa shape index (κ3) is 3.99. The number of para-hydroxylation sites is 1. The molecule has 2 aromatic heterocycles. The summed E-state index contributed by atoms with van der Waals surface area (Å²) >= 11 is 0. The number of pyridine rings is 1. The van der Waals surface area contributed by atoms with Crippen molar-refractivity contribution in [2.24, 2.45) is 5.92 Å². The summed E-state index contributed by atoms with van der Waals surface area (Å²) in [5.41, 5.74) is -0.242. The molecule has 0 spiro atoms. The molecule has 1 atom stereocenters. The van der Waals surface area contributed by atoms with E-state index in [2.05, 4.69) is 15.2 Å². The number of benzene rings is 1.